The molecule has 1 atom stereocenters. The second-order valence-electron chi connectivity index (χ2n) is 4.39. The van der Waals surface area contributed by atoms with Crippen molar-refractivity contribution >= 4 is 0 Å². The van der Waals surface area contributed by atoms with E-state index in [0.717, 1.165) is 42.4 Å². The zero-order chi connectivity index (χ0) is 11.7. The highest BCUT2D eigenvalue weighted by atomic mass is 15.1. The molecule has 0 aromatic carbocycles. The molecule has 1 aliphatic heterocycles. The summed E-state index contributed by atoms with van der Waals surface area (Å²) in [6, 6.07) is 4.00. The minimum absolute atomic E-state index is 0.512. The van der Waals surface area contributed by atoms with E-state index in [9.17, 15) is 0 Å². The lowest BCUT2D eigenvalue weighted by Gasteiger charge is -2.09. The van der Waals surface area contributed by atoms with Crippen LogP contribution in [0.25, 0.3) is 11.4 Å². The Balaban J connectivity index is 2.00. The van der Waals surface area contributed by atoms with Crippen molar-refractivity contribution in [1.29, 1.82) is 0 Å². The van der Waals surface area contributed by atoms with Gasteiger partial charge >= 0.3 is 0 Å². The minimum atomic E-state index is 0.512. The van der Waals surface area contributed by atoms with Crippen LogP contribution >= 0.6 is 0 Å². The monoisotopic (exact) mass is 229 g/mol. The molecule has 0 unspecified atom stereocenters. The third kappa shape index (κ3) is 2.06. The Labute approximate surface area is 99.7 Å². The highest BCUT2D eigenvalue weighted by molar-refractivity contribution is 5.53. The maximum atomic E-state index is 4.54. The first-order valence-corrected chi connectivity index (χ1v) is 5.89. The first-order chi connectivity index (χ1) is 8.33. The fourth-order valence-electron chi connectivity index (χ4n) is 2.24. The second-order valence-corrected chi connectivity index (χ2v) is 4.39. The van der Waals surface area contributed by atoms with E-state index >= 15 is 0 Å². The summed E-state index contributed by atoms with van der Waals surface area (Å²) in [5.41, 5.74) is 3.01. The molecule has 3 heterocycles. The minimum Gasteiger partial charge on any atom is -0.316 e. The molecular weight excluding hydrogens is 214 g/mol. The summed E-state index contributed by atoms with van der Waals surface area (Å²) in [6.07, 6.45) is 2.89. The number of aromatic amines is 1. The van der Waals surface area contributed by atoms with Crippen LogP contribution in [0.4, 0.5) is 0 Å². The Morgan fingerprint density at radius 2 is 2.29 bits per heavy atom. The molecule has 0 amide bonds. The number of aryl methyl sites for hydroxylation is 1. The van der Waals surface area contributed by atoms with Crippen molar-refractivity contribution in [3.63, 3.8) is 0 Å². The number of H-pyrrole nitrogens is 1. The van der Waals surface area contributed by atoms with Crippen molar-refractivity contribution in [3.05, 3.63) is 29.8 Å². The van der Waals surface area contributed by atoms with Crippen LogP contribution in [0.5, 0.6) is 0 Å². The third-order valence-corrected chi connectivity index (χ3v) is 3.11. The quantitative estimate of drug-likeness (QED) is 0.813. The lowest BCUT2D eigenvalue weighted by Crippen LogP contribution is -2.10. The third-order valence-electron chi connectivity index (χ3n) is 3.11. The van der Waals surface area contributed by atoms with Gasteiger partial charge in [-0.25, -0.2) is 9.97 Å². The average molecular weight is 229 g/mol. The lowest BCUT2D eigenvalue weighted by atomic mass is 10.0. The van der Waals surface area contributed by atoms with E-state index in [0.29, 0.717) is 5.92 Å². The van der Waals surface area contributed by atoms with E-state index in [4.69, 9.17) is 0 Å². The van der Waals surface area contributed by atoms with Gasteiger partial charge in [0.1, 0.15) is 5.82 Å². The van der Waals surface area contributed by atoms with Crippen LogP contribution in [0.3, 0.4) is 0 Å². The van der Waals surface area contributed by atoms with Gasteiger partial charge in [0.2, 0.25) is 0 Å². The number of rotatable bonds is 2. The zero-order valence-corrected chi connectivity index (χ0v) is 9.77. The maximum absolute atomic E-state index is 4.54. The number of nitrogens with zero attached hydrogens (tertiary/aromatic N) is 3. The molecule has 0 aliphatic carbocycles. The SMILES string of the molecule is Cc1nc(-c2ccn[nH]2)cc([C@@H]2CCNC2)n1. The molecule has 0 radical (unpaired) electrons. The Morgan fingerprint density at radius 3 is 3.00 bits per heavy atom. The fourth-order valence-corrected chi connectivity index (χ4v) is 2.24. The molecule has 88 valence electrons. The van der Waals surface area contributed by atoms with Gasteiger partial charge in [0.25, 0.3) is 0 Å². The molecule has 3 rings (SSSR count). The van der Waals surface area contributed by atoms with Gasteiger partial charge in [-0.1, -0.05) is 0 Å². The topological polar surface area (TPSA) is 66.5 Å². The zero-order valence-electron chi connectivity index (χ0n) is 9.77. The van der Waals surface area contributed by atoms with Crippen molar-refractivity contribution in [1.82, 2.24) is 25.5 Å². The van der Waals surface area contributed by atoms with Gasteiger partial charge in [-0.2, -0.15) is 5.10 Å². The van der Waals surface area contributed by atoms with Crippen LogP contribution in [-0.2, 0) is 0 Å². The molecule has 2 aromatic rings. The Kier molecular flexibility index (Phi) is 2.60. The molecule has 1 aliphatic rings. The molecule has 2 aromatic heterocycles. The van der Waals surface area contributed by atoms with Crippen LogP contribution in [0, 0.1) is 6.92 Å². The van der Waals surface area contributed by atoms with Gasteiger partial charge in [0.05, 0.1) is 11.4 Å². The predicted octanol–water partition coefficient (Wildman–Crippen LogP) is 1.25. The summed E-state index contributed by atoms with van der Waals surface area (Å²) in [7, 11) is 0. The van der Waals surface area contributed by atoms with Gasteiger partial charge < -0.3 is 5.32 Å². The maximum Gasteiger partial charge on any atom is 0.126 e. The number of hydrogen-bond acceptors (Lipinski definition) is 4. The molecule has 0 bridgehead atoms. The van der Waals surface area contributed by atoms with E-state index in [1.165, 1.54) is 0 Å². The standard InChI is InChI=1S/C12H15N5/c1-8-15-11(9-2-4-13-7-9)6-12(16-8)10-3-5-14-17-10/h3,5-6,9,13H,2,4,7H2,1H3,(H,14,17)/t9-/m1/s1. The molecule has 0 spiro atoms. The van der Waals surface area contributed by atoms with E-state index in [-0.39, 0.29) is 0 Å². The first kappa shape index (κ1) is 10.4. The first-order valence-electron chi connectivity index (χ1n) is 5.89. The van der Waals surface area contributed by atoms with Crippen LogP contribution in [-0.4, -0.2) is 33.3 Å². The summed E-state index contributed by atoms with van der Waals surface area (Å²) in [5, 5.41) is 10.3. The molecule has 2 N–H and O–H groups in total. The van der Waals surface area contributed by atoms with Crippen molar-refractivity contribution < 1.29 is 0 Å². The Hall–Kier alpha value is -1.75. The van der Waals surface area contributed by atoms with Crippen LogP contribution in [0.1, 0.15) is 23.9 Å². The molecule has 5 heteroatoms. The summed E-state index contributed by atoms with van der Waals surface area (Å²) < 4.78 is 0. The molecule has 5 nitrogen and oxygen atoms in total. The molecule has 1 saturated heterocycles. The van der Waals surface area contributed by atoms with Crippen molar-refractivity contribution in [2.75, 3.05) is 13.1 Å². The van der Waals surface area contributed by atoms with Crippen LogP contribution in [0.15, 0.2) is 18.3 Å². The van der Waals surface area contributed by atoms with Crippen LogP contribution < -0.4 is 5.32 Å². The normalized spacial score (nSPS) is 19.7. The van der Waals surface area contributed by atoms with E-state index in [2.05, 4.69) is 31.5 Å². The summed E-state index contributed by atoms with van der Waals surface area (Å²) in [5.74, 6) is 1.33. The lowest BCUT2D eigenvalue weighted by molar-refractivity contribution is 0.725. The molecule has 17 heavy (non-hydrogen) atoms. The van der Waals surface area contributed by atoms with Crippen molar-refractivity contribution in [3.8, 4) is 11.4 Å². The van der Waals surface area contributed by atoms with Gasteiger partial charge in [-0.05, 0) is 32.0 Å². The number of hydrogen-bond donors (Lipinski definition) is 2. The largest absolute Gasteiger partial charge is 0.316 e. The number of nitrogens with one attached hydrogen (secondary N) is 2. The molecule has 1 fully saturated rings. The number of aromatic nitrogens is 4. The van der Waals surface area contributed by atoms with Crippen LogP contribution in [0.2, 0.25) is 0 Å². The molecular formula is C12H15N5. The smallest absolute Gasteiger partial charge is 0.126 e. The summed E-state index contributed by atoms with van der Waals surface area (Å²) in [6.45, 7) is 4.03. The molecule has 0 saturated carbocycles. The van der Waals surface area contributed by atoms with Gasteiger partial charge in [-0.3, -0.25) is 5.10 Å². The van der Waals surface area contributed by atoms with Crippen molar-refractivity contribution in [2.45, 2.75) is 19.3 Å². The highest BCUT2D eigenvalue weighted by Gasteiger charge is 2.19. The van der Waals surface area contributed by atoms with E-state index < -0.39 is 0 Å². The van der Waals surface area contributed by atoms with Gasteiger partial charge in [-0.15, -0.1) is 0 Å². The summed E-state index contributed by atoms with van der Waals surface area (Å²) >= 11 is 0. The second kappa shape index (κ2) is 4.25. The van der Waals surface area contributed by atoms with E-state index in [1.54, 1.807) is 6.20 Å². The fraction of sp³-hybridized carbons (Fsp3) is 0.417. The summed E-state index contributed by atoms with van der Waals surface area (Å²) in [4.78, 5) is 8.99. The van der Waals surface area contributed by atoms with E-state index in [1.807, 2.05) is 13.0 Å². The van der Waals surface area contributed by atoms with Gasteiger partial charge in [0, 0.05) is 24.4 Å². The predicted molar refractivity (Wildman–Crippen MR) is 64.6 cm³/mol. The average Bonchev–Trinajstić information content (AvgIpc) is 3.02. The Bertz CT molecular complexity index is 500. The Morgan fingerprint density at radius 1 is 1.35 bits per heavy atom. The van der Waals surface area contributed by atoms with Crippen molar-refractivity contribution in [2.24, 2.45) is 0 Å². The highest BCUT2D eigenvalue weighted by Crippen LogP contribution is 2.23. The van der Waals surface area contributed by atoms with Gasteiger partial charge in [0.15, 0.2) is 0 Å².